The van der Waals surface area contributed by atoms with Gasteiger partial charge in [-0.05, 0) is 33.3 Å². The van der Waals surface area contributed by atoms with Crippen molar-refractivity contribution >= 4 is 5.97 Å². The number of carbonyl (C=O) groups is 1. The third-order valence-electron chi connectivity index (χ3n) is 2.79. The molecule has 1 aliphatic rings. The van der Waals surface area contributed by atoms with E-state index < -0.39 is 11.6 Å². The Morgan fingerprint density at radius 1 is 1.44 bits per heavy atom. The largest absolute Gasteiger partial charge is 0.480 e. The summed E-state index contributed by atoms with van der Waals surface area (Å²) in [4.78, 5) is 11.6. The van der Waals surface area contributed by atoms with E-state index in [1.165, 1.54) is 0 Å². The van der Waals surface area contributed by atoms with Crippen LogP contribution in [0.2, 0.25) is 0 Å². The zero-order chi connectivity index (χ0) is 13.9. The Morgan fingerprint density at radius 2 is 2.06 bits per heavy atom. The summed E-state index contributed by atoms with van der Waals surface area (Å²) in [6.45, 7) is 7.08. The Bertz CT molecular complexity index is 527. The fourth-order valence-corrected chi connectivity index (χ4v) is 1.56. The van der Waals surface area contributed by atoms with Gasteiger partial charge in [0.1, 0.15) is 17.7 Å². The molecule has 0 fully saturated rings. The second-order valence-corrected chi connectivity index (χ2v) is 4.26. The molecule has 0 aliphatic carbocycles. The lowest BCUT2D eigenvalue weighted by atomic mass is 9.97. The first kappa shape index (κ1) is 13.8. The van der Waals surface area contributed by atoms with Gasteiger partial charge in [-0.15, -0.1) is 0 Å². The highest BCUT2D eigenvalue weighted by atomic mass is 16.5. The molecule has 94 valence electrons. The minimum absolute atomic E-state index is 0.0148. The number of carbonyl (C=O) groups excluding carboxylic acids is 1. The average molecular weight is 246 g/mol. The summed E-state index contributed by atoms with van der Waals surface area (Å²) >= 11 is 0. The van der Waals surface area contributed by atoms with E-state index in [1.807, 2.05) is 6.07 Å². The predicted octanol–water partition coefficient (Wildman–Crippen LogP) is 1.98. The van der Waals surface area contributed by atoms with Crippen LogP contribution in [-0.4, -0.2) is 18.2 Å². The Kier molecular flexibility index (Phi) is 3.78. The molecule has 0 saturated carbocycles. The number of rotatable bonds is 2. The maximum Gasteiger partial charge on any atom is 0.352 e. The first-order valence-electron chi connectivity index (χ1n) is 5.51. The van der Waals surface area contributed by atoms with Crippen molar-refractivity contribution in [3.8, 4) is 12.1 Å². The fraction of sp³-hybridized carbons (Fsp3) is 0.462. The summed E-state index contributed by atoms with van der Waals surface area (Å²) in [5.74, 6) is -0.755. The van der Waals surface area contributed by atoms with Gasteiger partial charge in [-0.1, -0.05) is 0 Å². The van der Waals surface area contributed by atoms with Gasteiger partial charge < -0.3 is 9.47 Å². The van der Waals surface area contributed by atoms with Crippen LogP contribution in [0, 0.1) is 22.7 Å². The molecule has 0 saturated heterocycles. The Hall–Kier alpha value is -2.27. The van der Waals surface area contributed by atoms with E-state index in [0.29, 0.717) is 5.57 Å². The molecule has 18 heavy (non-hydrogen) atoms. The van der Waals surface area contributed by atoms with Crippen LogP contribution in [0.5, 0.6) is 0 Å². The van der Waals surface area contributed by atoms with Crippen LogP contribution < -0.4 is 0 Å². The quantitative estimate of drug-likeness (QED) is 0.422. The molecule has 0 unspecified atom stereocenters. The Labute approximate surface area is 106 Å². The summed E-state index contributed by atoms with van der Waals surface area (Å²) in [5.41, 5.74) is -0.0467. The van der Waals surface area contributed by atoms with Gasteiger partial charge in [0.2, 0.25) is 0 Å². The molecule has 1 heterocycles. The number of esters is 1. The average Bonchev–Trinajstić information content (AvgIpc) is 2.51. The summed E-state index contributed by atoms with van der Waals surface area (Å²) in [7, 11) is 0. The van der Waals surface area contributed by atoms with Gasteiger partial charge >= 0.3 is 5.97 Å². The van der Waals surface area contributed by atoms with E-state index in [1.54, 1.807) is 33.8 Å². The summed E-state index contributed by atoms with van der Waals surface area (Å²) in [6, 6.07) is 3.72. The molecule has 0 amide bonds. The second-order valence-electron chi connectivity index (χ2n) is 4.26. The van der Waals surface area contributed by atoms with Gasteiger partial charge in [0.05, 0.1) is 12.2 Å². The van der Waals surface area contributed by atoms with Crippen molar-refractivity contribution in [3.63, 3.8) is 0 Å². The zero-order valence-corrected chi connectivity index (χ0v) is 10.8. The van der Waals surface area contributed by atoms with Crippen molar-refractivity contribution in [3.05, 3.63) is 22.5 Å². The molecule has 0 aromatic rings. The number of nitrogens with zero attached hydrogens (tertiary/aromatic N) is 2. The minimum Gasteiger partial charge on any atom is -0.480 e. The highest BCUT2D eigenvalue weighted by molar-refractivity contribution is 5.94. The van der Waals surface area contributed by atoms with Crippen LogP contribution in [0.1, 0.15) is 27.7 Å². The molecule has 0 bridgehead atoms. The van der Waals surface area contributed by atoms with Gasteiger partial charge in [0.15, 0.2) is 11.3 Å². The van der Waals surface area contributed by atoms with E-state index in [4.69, 9.17) is 20.0 Å². The number of allylic oxidation sites excluding steroid dienone is 1. The second kappa shape index (κ2) is 4.93. The molecular formula is C13H14N2O3. The van der Waals surface area contributed by atoms with Crippen molar-refractivity contribution in [1.29, 1.82) is 10.5 Å². The van der Waals surface area contributed by atoms with Crippen LogP contribution in [-0.2, 0) is 14.3 Å². The molecule has 0 radical (unpaired) electrons. The smallest absolute Gasteiger partial charge is 0.352 e. The van der Waals surface area contributed by atoms with E-state index >= 15 is 0 Å². The number of hydrogen-bond donors (Lipinski definition) is 0. The maximum absolute atomic E-state index is 11.6. The van der Waals surface area contributed by atoms with Crippen LogP contribution in [0.4, 0.5) is 0 Å². The molecule has 1 rings (SSSR count). The normalized spacial score (nSPS) is 19.7. The summed E-state index contributed by atoms with van der Waals surface area (Å²) < 4.78 is 10.3. The fourth-order valence-electron chi connectivity index (χ4n) is 1.56. The molecule has 1 aliphatic heterocycles. The van der Waals surface area contributed by atoms with Crippen molar-refractivity contribution in [2.24, 2.45) is 0 Å². The van der Waals surface area contributed by atoms with E-state index in [9.17, 15) is 4.79 Å². The van der Waals surface area contributed by atoms with Crippen molar-refractivity contribution < 1.29 is 14.3 Å². The van der Waals surface area contributed by atoms with E-state index in [-0.39, 0.29) is 23.5 Å². The van der Waals surface area contributed by atoms with Gasteiger partial charge in [-0.3, -0.25) is 0 Å². The monoisotopic (exact) mass is 246 g/mol. The van der Waals surface area contributed by atoms with Crippen molar-refractivity contribution in [2.45, 2.75) is 33.3 Å². The lowest BCUT2D eigenvalue weighted by molar-refractivity contribution is -0.138. The van der Waals surface area contributed by atoms with E-state index in [2.05, 4.69) is 0 Å². The Balaban J connectivity index is 3.38. The van der Waals surface area contributed by atoms with Crippen LogP contribution >= 0.6 is 0 Å². The van der Waals surface area contributed by atoms with Gasteiger partial charge in [-0.2, -0.15) is 10.5 Å². The lowest BCUT2D eigenvalue weighted by Gasteiger charge is -2.20. The topological polar surface area (TPSA) is 83.1 Å². The van der Waals surface area contributed by atoms with E-state index in [0.717, 1.165) is 0 Å². The van der Waals surface area contributed by atoms with Crippen LogP contribution in [0.15, 0.2) is 22.5 Å². The van der Waals surface area contributed by atoms with Crippen molar-refractivity contribution in [1.82, 2.24) is 0 Å². The molecule has 0 atom stereocenters. The summed E-state index contributed by atoms with van der Waals surface area (Å²) in [6.07, 6.45) is 0. The Morgan fingerprint density at radius 3 is 2.50 bits per heavy atom. The van der Waals surface area contributed by atoms with Gasteiger partial charge in [-0.25, -0.2) is 4.79 Å². The van der Waals surface area contributed by atoms with Gasteiger partial charge in [0.25, 0.3) is 0 Å². The van der Waals surface area contributed by atoms with Crippen LogP contribution in [0.3, 0.4) is 0 Å². The third kappa shape index (κ3) is 2.21. The predicted molar refractivity (Wildman–Crippen MR) is 62.7 cm³/mol. The molecule has 5 nitrogen and oxygen atoms in total. The first-order chi connectivity index (χ1) is 8.38. The van der Waals surface area contributed by atoms with Crippen LogP contribution in [0.25, 0.3) is 0 Å². The third-order valence-corrected chi connectivity index (χ3v) is 2.79. The molecule has 0 N–H and O–H groups in total. The van der Waals surface area contributed by atoms with Crippen molar-refractivity contribution in [2.75, 3.05) is 6.61 Å². The number of hydrogen-bond acceptors (Lipinski definition) is 5. The maximum atomic E-state index is 11.6. The number of ether oxygens (including phenoxy) is 2. The highest BCUT2D eigenvalue weighted by Gasteiger charge is 2.38. The highest BCUT2D eigenvalue weighted by Crippen LogP contribution is 2.39. The zero-order valence-electron chi connectivity index (χ0n) is 10.8. The molecule has 0 aromatic heterocycles. The number of nitriles is 2. The standard InChI is InChI=1S/C13H14N2O3/c1-5-17-12(16)10(7-15)11-9(6-14)8(2)13(3,4)18-11/h5H2,1-4H3/b11-10-. The lowest BCUT2D eigenvalue weighted by Crippen LogP contribution is -2.20. The molecular weight excluding hydrogens is 232 g/mol. The minimum atomic E-state index is -0.770. The first-order valence-corrected chi connectivity index (χ1v) is 5.51. The molecule has 0 aromatic carbocycles. The van der Waals surface area contributed by atoms with Gasteiger partial charge in [0, 0.05) is 0 Å². The SMILES string of the molecule is CCOC(=O)/C(C#N)=C1\OC(C)(C)C(C)=C1C#N. The summed E-state index contributed by atoms with van der Waals surface area (Å²) in [5, 5.41) is 18.1. The molecule has 5 heteroatoms. The molecule has 0 spiro atoms.